The van der Waals surface area contributed by atoms with Crippen LogP contribution in [-0.2, 0) is 6.04 Å². The van der Waals surface area contributed by atoms with E-state index in [-0.39, 0.29) is 0 Å². The second kappa shape index (κ2) is 9.20. The molecule has 0 aliphatic rings. The molecule has 1 aromatic rings. The lowest BCUT2D eigenvalue weighted by Crippen LogP contribution is -2.12. The van der Waals surface area contributed by atoms with E-state index in [9.17, 15) is 0 Å². The molecular weight excluding hydrogens is 236 g/mol. The molecule has 1 unspecified atom stereocenters. The topological polar surface area (TPSA) is 9.23 Å². The van der Waals surface area contributed by atoms with Gasteiger partial charge in [0.25, 0.3) is 0 Å². The first-order valence-corrected chi connectivity index (χ1v) is 8.87. The first-order chi connectivity index (χ1) is 8.81. The number of rotatable bonds is 9. The van der Waals surface area contributed by atoms with Gasteiger partial charge in [0.05, 0.1) is 6.61 Å². The predicted octanol–water partition coefficient (Wildman–Crippen LogP) is 4.53. The van der Waals surface area contributed by atoms with Crippen LogP contribution in [0.1, 0.15) is 45.1 Å². The van der Waals surface area contributed by atoms with Crippen molar-refractivity contribution in [2.24, 2.45) is 5.92 Å². The average Bonchev–Trinajstić information content (AvgIpc) is 2.41. The maximum absolute atomic E-state index is 6.04. The van der Waals surface area contributed by atoms with Crippen molar-refractivity contribution >= 4 is 9.52 Å². The third kappa shape index (κ3) is 5.26. The predicted molar refractivity (Wildman–Crippen MR) is 80.6 cm³/mol. The van der Waals surface area contributed by atoms with Gasteiger partial charge in [-0.3, -0.25) is 0 Å². The Morgan fingerprint density at radius 2 is 2.00 bits per heavy atom. The van der Waals surface area contributed by atoms with Crippen molar-refractivity contribution in [2.45, 2.75) is 52.1 Å². The molecule has 100 valence electrons. The van der Waals surface area contributed by atoms with Gasteiger partial charge in [0.15, 0.2) is 0 Å². The molecular formula is C16H26OSi. The van der Waals surface area contributed by atoms with Crippen molar-refractivity contribution in [3.63, 3.8) is 0 Å². The Labute approximate surface area is 115 Å². The number of benzene rings is 1. The van der Waals surface area contributed by atoms with Gasteiger partial charge < -0.3 is 4.74 Å². The number of ether oxygens (including phenoxy) is 1. The highest BCUT2D eigenvalue weighted by molar-refractivity contribution is 6.33. The van der Waals surface area contributed by atoms with E-state index in [1.54, 1.807) is 0 Å². The van der Waals surface area contributed by atoms with E-state index in [0.29, 0.717) is 5.92 Å². The summed E-state index contributed by atoms with van der Waals surface area (Å²) in [6.07, 6.45) is 5.12. The zero-order chi connectivity index (χ0) is 13.2. The molecule has 0 heterocycles. The first kappa shape index (κ1) is 15.3. The smallest absolute Gasteiger partial charge is 0.122 e. The van der Waals surface area contributed by atoms with E-state index in [0.717, 1.165) is 27.9 Å². The Kier molecular flexibility index (Phi) is 7.82. The Bertz CT molecular complexity index is 325. The monoisotopic (exact) mass is 262 g/mol. The number of unbranched alkanes of at least 4 members (excludes halogenated alkanes) is 1. The summed E-state index contributed by atoms with van der Waals surface area (Å²) in [4.78, 5) is 0. The maximum Gasteiger partial charge on any atom is 0.122 e. The Morgan fingerprint density at radius 3 is 2.67 bits per heavy atom. The summed E-state index contributed by atoms with van der Waals surface area (Å²) in [5, 5.41) is 0. The molecule has 0 aliphatic heterocycles. The maximum atomic E-state index is 6.04. The SMILES string of the molecule is CCCCC(CC)COc1ccccc1C[Si]C. The minimum Gasteiger partial charge on any atom is -0.493 e. The molecule has 0 saturated heterocycles. The minimum atomic E-state index is 0.710. The van der Waals surface area contributed by atoms with Gasteiger partial charge in [-0.2, -0.15) is 0 Å². The lowest BCUT2D eigenvalue weighted by Gasteiger charge is -2.17. The average molecular weight is 262 g/mol. The summed E-state index contributed by atoms with van der Waals surface area (Å²) in [6.45, 7) is 7.64. The zero-order valence-corrected chi connectivity index (χ0v) is 13.0. The van der Waals surface area contributed by atoms with Crippen LogP contribution in [0.2, 0.25) is 6.55 Å². The quantitative estimate of drug-likeness (QED) is 0.594. The molecule has 1 nitrogen and oxygen atoms in total. The number of hydrogen-bond donors (Lipinski definition) is 0. The van der Waals surface area contributed by atoms with Crippen LogP contribution < -0.4 is 4.74 Å². The fourth-order valence-corrected chi connectivity index (χ4v) is 2.76. The molecule has 1 aromatic carbocycles. The Balaban J connectivity index is 2.50. The summed E-state index contributed by atoms with van der Waals surface area (Å²) >= 11 is 0. The first-order valence-electron chi connectivity index (χ1n) is 7.17. The summed E-state index contributed by atoms with van der Waals surface area (Å²) in [7, 11) is 0.951. The highest BCUT2D eigenvalue weighted by Gasteiger charge is 2.08. The molecule has 2 heteroatoms. The Morgan fingerprint density at radius 1 is 1.22 bits per heavy atom. The van der Waals surface area contributed by atoms with Gasteiger partial charge in [0, 0.05) is 9.52 Å². The minimum absolute atomic E-state index is 0.710. The van der Waals surface area contributed by atoms with Crippen molar-refractivity contribution < 1.29 is 4.74 Å². The van der Waals surface area contributed by atoms with Crippen LogP contribution in [0.5, 0.6) is 5.75 Å². The standard InChI is InChI=1S/C16H26OSi/c1-4-6-9-14(5-2)12-17-16-11-8-7-10-15(16)13-18-3/h7-8,10-11,14H,4-6,9,12-13H2,1-3H3. The van der Waals surface area contributed by atoms with Crippen molar-refractivity contribution in [1.82, 2.24) is 0 Å². The summed E-state index contributed by atoms with van der Waals surface area (Å²) in [5.74, 6) is 1.81. The van der Waals surface area contributed by atoms with E-state index in [1.165, 1.54) is 31.2 Å². The molecule has 0 spiro atoms. The molecule has 0 bridgehead atoms. The van der Waals surface area contributed by atoms with Gasteiger partial charge in [-0.15, -0.1) is 0 Å². The fourth-order valence-electron chi connectivity index (χ4n) is 2.09. The third-order valence-electron chi connectivity index (χ3n) is 3.36. The molecule has 0 saturated carbocycles. The van der Waals surface area contributed by atoms with Crippen LogP contribution in [0.15, 0.2) is 24.3 Å². The van der Waals surface area contributed by atoms with E-state index in [4.69, 9.17) is 4.74 Å². The fraction of sp³-hybridized carbons (Fsp3) is 0.625. The van der Waals surface area contributed by atoms with Crippen LogP contribution in [0.3, 0.4) is 0 Å². The van der Waals surface area contributed by atoms with Gasteiger partial charge in [-0.1, -0.05) is 57.9 Å². The molecule has 0 fully saturated rings. The lowest BCUT2D eigenvalue weighted by molar-refractivity contribution is 0.232. The van der Waals surface area contributed by atoms with Crippen LogP contribution in [0.25, 0.3) is 0 Å². The van der Waals surface area contributed by atoms with Gasteiger partial charge in [-0.25, -0.2) is 0 Å². The second-order valence-electron chi connectivity index (χ2n) is 4.87. The molecule has 0 aliphatic carbocycles. The van der Waals surface area contributed by atoms with Gasteiger partial charge in [-0.05, 0) is 30.0 Å². The molecule has 1 rings (SSSR count). The largest absolute Gasteiger partial charge is 0.493 e. The summed E-state index contributed by atoms with van der Waals surface area (Å²) in [5.41, 5.74) is 1.36. The Hall–Kier alpha value is -0.763. The molecule has 0 amide bonds. The normalized spacial score (nSPS) is 12.4. The van der Waals surface area contributed by atoms with E-state index in [2.05, 4.69) is 44.7 Å². The van der Waals surface area contributed by atoms with Gasteiger partial charge in [0.1, 0.15) is 5.75 Å². The number of para-hydroxylation sites is 1. The van der Waals surface area contributed by atoms with Gasteiger partial charge in [0.2, 0.25) is 0 Å². The molecule has 1 atom stereocenters. The molecule has 0 aromatic heterocycles. The second-order valence-corrected chi connectivity index (χ2v) is 5.93. The van der Waals surface area contributed by atoms with Crippen molar-refractivity contribution in [2.75, 3.05) is 6.61 Å². The molecule has 18 heavy (non-hydrogen) atoms. The van der Waals surface area contributed by atoms with Crippen molar-refractivity contribution in [3.8, 4) is 5.75 Å². The highest BCUT2D eigenvalue weighted by atomic mass is 28.2. The van der Waals surface area contributed by atoms with Crippen LogP contribution in [0, 0.1) is 5.92 Å². The molecule has 0 N–H and O–H groups in total. The summed E-state index contributed by atoms with van der Waals surface area (Å²) in [6, 6.07) is 9.63. The molecule has 2 radical (unpaired) electrons. The third-order valence-corrected chi connectivity index (χ3v) is 4.09. The van der Waals surface area contributed by atoms with Crippen LogP contribution in [-0.4, -0.2) is 16.1 Å². The van der Waals surface area contributed by atoms with Crippen molar-refractivity contribution in [3.05, 3.63) is 29.8 Å². The van der Waals surface area contributed by atoms with E-state index >= 15 is 0 Å². The lowest BCUT2D eigenvalue weighted by atomic mass is 10.0. The summed E-state index contributed by atoms with van der Waals surface area (Å²) < 4.78 is 6.04. The van der Waals surface area contributed by atoms with Crippen molar-refractivity contribution in [1.29, 1.82) is 0 Å². The van der Waals surface area contributed by atoms with E-state index < -0.39 is 0 Å². The van der Waals surface area contributed by atoms with E-state index in [1.807, 2.05) is 0 Å². The van der Waals surface area contributed by atoms with Crippen LogP contribution in [0.4, 0.5) is 0 Å². The van der Waals surface area contributed by atoms with Gasteiger partial charge >= 0.3 is 0 Å². The highest BCUT2D eigenvalue weighted by Crippen LogP contribution is 2.21. The number of hydrogen-bond acceptors (Lipinski definition) is 1. The van der Waals surface area contributed by atoms with Crippen LogP contribution >= 0.6 is 0 Å². The zero-order valence-electron chi connectivity index (χ0n) is 12.0.